The smallest absolute Gasteiger partial charge is 0.177 e. The predicted molar refractivity (Wildman–Crippen MR) is 96.8 cm³/mol. The van der Waals surface area contributed by atoms with E-state index in [9.17, 15) is 5.11 Å². The summed E-state index contributed by atoms with van der Waals surface area (Å²) >= 11 is 0. The maximum Gasteiger partial charge on any atom is 0.177 e. The van der Waals surface area contributed by atoms with Crippen LogP contribution in [-0.2, 0) is 7.05 Å². The van der Waals surface area contributed by atoms with Crippen molar-refractivity contribution in [3.63, 3.8) is 0 Å². The first-order valence-corrected chi connectivity index (χ1v) is 8.54. The molecule has 0 aliphatic heterocycles. The summed E-state index contributed by atoms with van der Waals surface area (Å²) in [4.78, 5) is 9.31. The Bertz CT molecular complexity index is 825. The lowest BCUT2D eigenvalue weighted by atomic mass is 10.00. The molecule has 2 aromatic heterocycles. The number of nitrogens with zero attached hydrogens (tertiary/aromatic N) is 4. The highest BCUT2D eigenvalue weighted by Gasteiger charge is 2.18. The van der Waals surface area contributed by atoms with Gasteiger partial charge in [-0.3, -0.25) is 0 Å². The van der Waals surface area contributed by atoms with Crippen molar-refractivity contribution in [3.8, 4) is 11.6 Å². The van der Waals surface area contributed by atoms with Gasteiger partial charge in [-0.15, -0.1) is 0 Å². The van der Waals surface area contributed by atoms with Gasteiger partial charge in [-0.2, -0.15) is 0 Å². The summed E-state index contributed by atoms with van der Waals surface area (Å²) in [6.07, 6.45) is 6.63. The molecule has 1 aromatic carbocycles. The van der Waals surface area contributed by atoms with E-state index >= 15 is 0 Å². The monoisotopic (exact) mass is 326 g/mol. The van der Waals surface area contributed by atoms with E-state index in [2.05, 4.69) is 27.1 Å². The summed E-state index contributed by atoms with van der Waals surface area (Å²) in [7, 11) is 2.03. The van der Waals surface area contributed by atoms with Crippen LogP contribution in [0.2, 0.25) is 0 Å². The highest BCUT2D eigenvalue weighted by atomic mass is 16.3. The standard InChI is InChI=1S/C19H26N4O/c1-14(8-7-11-19(2,3)24)23-13-12-20-17(23)18-21-15-9-5-6-10-16(15)22(18)4/h5-6,9-10,12-14,24H,7-8,11H2,1-4H3. The van der Waals surface area contributed by atoms with Gasteiger partial charge in [0.1, 0.15) is 0 Å². The molecule has 0 spiro atoms. The zero-order chi connectivity index (χ0) is 17.3. The van der Waals surface area contributed by atoms with Crippen LogP contribution < -0.4 is 0 Å². The molecule has 0 amide bonds. The molecule has 0 aliphatic rings. The van der Waals surface area contributed by atoms with Crippen LogP contribution in [0.5, 0.6) is 0 Å². The third-order valence-corrected chi connectivity index (χ3v) is 4.54. The molecule has 2 heterocycles. The summed E-state index contributed by atoms with van der Waals surface area (Å²) < 4.78 is 4.28. The van der Waals surface area contributed by atoms with Crippen molar-refractivity contribution >= 4 is 11.0 Å². The van der Waals surface area contributed by atoms with Gasteiger partial charge in [-0.1, -0.05) is 12.1 Å². The number of aliphatic hydroxyl groups is 1. The van der Waals surface area contributed by atoms with Crippen LogP contribution in [0.4, 0.5) is 0 Å². The Labute approximate surface area is 143 Å². The summed E-state index contributed by atoms with van der Waals surface area (Å²) in [5, 5.41) is 9.88. The van der Waals surface area contributed by atoms with Gasteiger partial charge in [0.25, 0.3) is 0 Å². The van der Waals surface area contributed by atoms with Crippen LogP contribution in [0, 0.1) is 0 Å². The first-order chi connectivity index (χ1) is 11.4. The molecule has 128 valence electrons. The molecule has 0 aliphatic carbocycles. The van der Waals surface area contributed by atoms with E-state index in [1.807, 2.05) is 51.5 Å². The molecule has 0 saturated carbocycles. The van der Waals surface area contributed by atoms with E-state index in [4.69, 9.17) is 4.98 Å². The van der Waals surface area contributed by atoms with Crippen LogP contribution >= 0.6 is 0 Å². The minimum absolute atomic E-state index is 0.310. The molecule has 0 bridgehead atoms. The van der Waals surface area contributed by atoms with Crippen molar-refractivity contribution in [1.82, 2.24) is 19.1 Å². The molecule has 0 fully saturated rings. The fraction of sp³-hybridized carbons (Fsp3) is 0.474. The largest absolute Gasteiger partial charge is 0.390 e. The van der Waals surface area contributed by atoms with Crippen molar-refractivity contribution < 1.29 is 5.11 Å². The molecule has 0 radical (unpaired) electrons. The molecule has 1 N–H and O–H groups in total. The maximum absolute atomic E-state index is 9.88. The van der Waals surface area contributed by atoms with Crippen LogP contribution in [-0.4, -0.2) is 29.8 Å². The number of hydrogen-bond donors (Lipinski definition) is 1. The van der Waals surface area contributed by atoms with E-state index in [0.29, 0.717) is 6.04 Å². The Morgan fingerprint density at radius 1 is 1.21 bits per heavy atom. The number of para-hydroxylation sites is 2. The SMILES string of the molecule is CC(CCCC(C)(C)O)n1ccnc1-c1nc2ccccc2n1C. The molecule has 3 rings (SSSR count). The zero-order valence-electron chi connectivity index (χ0n) is 14.9. The van der Waals surface area contributed by atoms with Gasteiger partial charge >= 0.3 is 0 Å². The maximum atomic E-state index is 9.88. The second kappa shape index (κ2) is 6.40. The molecule has 5 heteroatoms. The number of benzene rings is 1. The van der Waals surface area contributed by atoms with Crippen molar-refractivity contribution in [3.05, 3.63) is 36.7 Å². The van der Waals surface area contributed by atoms with Crippen molar-refractivity contribution in [2.45, 2.75) is 51.7 Å². The lowest BCUT2D eigenvalue weighted by molar-refractivity contribution is 0.0672. The van der Waals surface area contributed by atoms with Crippen LogP contribution in [0.1, 0.15) is 46.1 Å². The topological polar surface area (TPSA) is 55.9 Å². The first kappa shape index (κ1) is 16.7. The number of imidazole rings is 2. The van der Waals surface area contributed by atoms with Gasteiger partial charge in [0, 0.05) is 25.5 Å². The Hall–Kier alpha value is -2.14. The van der Waals surface area contributed by atoms with Gasteiger partial charge in [0.2, 0.25) is 0 Å². The summed E-state index contributed by atoms with van der Waals surface area (Å²) in [6.45, 7) is 5.91. The van der Waals surface area contributed by atoms with Crippen molar-refractivity contribution in [1.29, 1.82) is 0 Å². The van der Waals surface area contributed by atoms with Gasteiger partial charge in [0.05, 0.1) is 16.6 Å². The average molecular weight is 326 g/mol. The Kier molecular flexibility index (Phi) is 4.45. The molecular weight excluding hydrogens is 300 g/mol. The molecular formula is C19H26N4O. The third-order valence-electron chi connectivity index (χ3n) is 4.54. The highest BCUT2D eigenvalue weighted by molar-refractivity contribution is 5.79. The van der Waals surface area contributed by atoms with E-state index in [0.717, 1.165) is 41.9 Å². The second-order valence-corrected chi connectivity index (χ2v) is 7.19. The lowest BCUT2D eigenvalue weighted by Crippen LogP contribution is -2.18. The summed E-state index contributed by atoms with van der Waals surface area (Å²) in [6, 6.07) is 8.44. The number of hydrogen-bond acceptors (Lipinski definition) is 3. The number of rotatable bonds is 6. The fourth-order valence-corrected chi connectivity index (χ4v) is 3.16. The van der Waals surface area contributed by atoms with Crippen molar-refractivity contribution in [2.75, 3.05) is 0 Å². The molecule has 1 atom stereocenters. The van der Waals surface area contributed by atoms with Crippen LogP contribution in [0.25, 0.3) is 22.7 Å². The lowest BCUT2D eigenvalue weighted by Gasteiger charge is -2.20. The zero-order valence-corrected chi connectivity index (χ0v) is 14.9. The van der Waals surface area contributed by atoms with Gasteiger partial charge in [-0.25, -0.2) is 9.97 Å². The number of aryl methyl sites for hydroxylation is 1. The summed E-state index contributed by atoms with van der Waals surface area (Å²) in [5.41, 5.74) is 1.49. The molecule has 5 nitrogen and oxygen atoms in total. The van der Waals surface area contributed by atoms with E-state index in [1.165, 1.54) is 0 Å². The minimum atomic E-state index is -0.602. The van der Waals surface area contributed by atoms with Gasteiger partial charge in [-0.05, 0) is 52.2 Å². The van der Waals surface area contributed by atoms with Gasteiger partial charge in [0.15, 0.2) is 11.6 Å². The Morgan fingerprint density at radius 3 is 2.67 bits per heavy atom. The number of fused-ring (bicyclic) bond motifs is 1. The Morgan fingerprint density at radius 2 is 1.96 bits per heavy atom. The van der Waals surface area contributed by atoms with Gasteiger partial charge < -0.3 is 14.2 Å². The van der Waals surface area contributed by atoms with E-state index < -0.39 is 5.60 Å². The summed E-state index contributed by atoms with van der Waals surface area (Å²) in [5.74, 6) is 1.78. The second-order valence-electron chi connectivity index (χ2n) is 7.19. The molecule has 24 heavy (non-hydrogen) atoms. The van der Waals surface area contributed by atoms with Crippen molar-refractivity contribution in [2.24, 2.45) is 7.05 Å². The average Bonchev–Trinajstić information content (AvgIpc) is 3.11. The minimum Gasteiger partial charge on any atom is -0.390 e. The Balaban J connectivity index is 1.85. The first-order valence-electron chi connectivity index (χ1n) is 8.54. The number of aromatic nitrogens is 4. The third kappa shape index (κ3) is 3.36. The molecule has 3 aromatic rings. The van der Waals surface area contributed by atoms with Crippen LogP contribution in [0.15, 0.2) is 36.7 Å². The normalized spacial score (nSPS) is 13.5. The molecule has 0 saturated heterocycles. The predicted octanol–water partition coefficient (Wildman–Crippen LogP) is 3.94. The highest BCUT2D eigenvalue weighted by Crippen LogP contribution is 2.27. The van der Waals surface area contributed by atoms with Crippen LogP contribution in [0.3, 0.4) is 0 Å². The fourth-order valence-electron chi connectivity index (χ4n) is 3.16. The molecule has 1 unspecified atom stereocenters. The quantitative estimate of drug-likeness (QED) is 0.746. The van der Waals surface area contributed by atoms with E-state index in [1.54, 1.807) is 0 Å². The van der Waals surface area contributed by atoms with E-state index in [-0.39, 0.29) is 0 Å².